The van der Waals surface area contributed by atoms with Gasteiger partial charge in [0.25, 0.3) is 0 Å². The Morgan fingerprint density at radius 3 is 2.71 bits per heavy atom. The number of aromatic nitrogens is 3. The predicted molar refractivity (Wildman–Crippen MR) is 87.4 cm³/mol. The lowest BCUT2D eigenvalue weighted by molar-refractivity contribution is -0.134. The summed E-state index contributed by atoms with van der Waals surface area (Å²) in [7, 11) is 0. The fourth-order valence-corrected chi connectivity index (χ4v) is 4.07. The van der Waals surface area contributed by atoms with Crippen molar-refractivity contribution in [3.05, 3.63) is 41.2 Å². The van der Waals surface area contributed by atoms with Crippen molar-refractivity contribution in [3.8, 4) is 0 Å². The van der Waals surface area contributed by atoms with E-state index in [0.717, 1.165) is 41.4 Å². The first kappa shape index (κ1) is 15.4. The number of fused-ring (bicyclic) bond motifs is 1. The van der Waals surface area contributed by atoms with Gasteiger partial charge in [0.05, 0.1) is 6.20 Å². The smallest absolute Gasteiger partial charge is 0.348 e. The van der Waals surface area contributed by atoms with Crippen molar-refractivity contribution in [1.82, 2.24) is 15.0 Å². The summed E-state index contributed by atoms with van der Waals surface area (Å²) < 4.78 is 38.1. The molecule has 4 heterocycles. The second kappa shape index (κ2) is 5.77. The maximum Gasteiger partial charge on any atom is 0.427 e. The zero-order valence-electron chi connectivity index (χ0n) is 12.7. The molecule has 0 aromatic carbocycles. The fourth-order valence-electron chi connectivity index (χ4n) is 3.24. The lowest BCUT2D eigenvalue weighted by atomic mass is 9.90. The van der Waals surface area contributed by atoms with E-state index in [9.17, 15) is 13.2 Å². The molecular weight excluding hydrogens is 337 g/mol. The second-order valence-corrected chi connectivity index (χ2v) is 6.92. The van der Waals surface area contributed by atoms with E-state index in [2.05, 4.69) is 21.0 Å². The van der Waals surface area contributed by atoms with Gasteiger partial charge in [-0.05, 0) is 36.5 Å². The Bertz CT molecular complexity index is 846. The first-order valence-corrected chi connectivity index (χ1v) is 8.54. The molecule has 8 heteroatoms. The molecule has 0 amide bonds. The number of alkyl halides is 3. The van der Waals surface area contributed by atoms with Crippen molar-refractivity contribution in [2.24, 2.45) is 0 Å². The van der Waals surface area contributed by atoms with Gasteiger partial charge in [-0.1, -0.05) is 11.3 Å². The number of H-pyrrole nitrogens is 1. The summed E-state index contributed by atoms with van der Waals surface area (Å²) in [5, 5.41) is 1.59. The van der Waals surface area contributed by atoms with Crippen LogP contribution in [0.1, 0.15) is 29.2 Å². The van der Waals surface area contributed by atoms with E-state index in [1.165, 1.54) is 5.56 Å². The van der Waals surface area contributed by atoms with E-state index < -0.39 is 11.1 Å². The van der Waals surface area contributed by atoms with Gasteiger partial charge in [0.15, 0.2) is 5.13 Å². The van der Waals surface area contributed by atoms with Crippen LogP contribution in [0, 0.1) is 0 Å². The van der Waals surface area contributed by atoms with Gasteiger partial charge in [-0.15, -0.1) is 0 Å². The summed E-state index contributed by atoms with van der Waals surface area (Å²) in [5.41, 5.74) is 2.12. The molecule has 0 unspecified atom stereocenters. The fraction of sp³-hybridized carbons (Fsp3) is 0.375. The van der Waals surface area contributed by atoms with E-state index in [1.54, 1.807) is 6.20 Å². The maximum atomic E-state index is 12.7. The Labute approximate surface area is 140 Å². The normalized spacial score (nSPS) is 16.9. The number of thiazole rings is 1. The Morgan fingerprint density at radius 2 is 2.00 bits per heavy atom. The van der Waals surface area contributed by atoms with Crippen molar-refractivity contribution in [2.75, 3.05) is 18.0 Å². The highest BCUT2D eigenvalue weighted by molar-refractivity contribution is 7.15. The highest BCUT2D eigenvalue weighted by Gasteiger charge is 2.34. The minimum absolute atomic E-state index is 0.390. The zero-order valence-corrected chi connectivity index (χ0v) is 13.5. The molecular formula is C16H15F3N4S. The highest BCUT2D eigenvalue weighted by Crippen LogP contribution is 2.39. The molecule has 4 nitrogen and oxygen atoms in total. The van der Waals surface area contributed by atoms with Gasteiger partial charge >= 0.3 is 6.18 Å². The number of aromatic amines is 1. The summed E-state index contributed by atoms with van der Waals surface area (Å²) in [4.78, 5) is 12.8. The molecule has 0 atom stereocenters. The lowest BCUT2D eigenvalue weighted by Crippen LogP contribution is -2.32. The molecule has 1 aliphatic rings. The van der Waals surface area contributed by atoms with Crippen molar-refractivity contribution < 1.29 is 13.2 Å². The van der Waals surface area contributed by atoms with Gasteiger partial charge in [0, 0.05) is 30.9 Å². The molecule has 1 aliphatic heterocycles. The highest BCUT2D eigenvalue weighted by atomic mass is 32.1. The Morgan fingerprint density at radius 1 is 1.21 bits per heavy atom. The predicted octanol–water partition coefficient (Wildman–Crippen LogP) is 4.42. The van der Waals surface area contributed by atoms with Crippen molar-refractivity contribution >= 4 is 27.5 Å². The minimum atomic E-state index is -4.31. The van der Waals surface area contributed by atoms with Crippen molar-refractivity contribution in [2.45, 2.75) is 24.9 Å². The van der Waals surface area contributed by atoms with Crippen LogP contribution in [0.15, 0.2) is 30.7 Å². The van der Waals surface area contributed by atoms with E-state index in [0.29, 0.717) is 24.1 Å². The number of anilines is 1. The third kappa shape index (κ3) is 2.75. The van der Waals surface area contributed by atoms with Crippen molar-refractivity contribution in [1.29, 1.82) is 0 Å². The first-order valence-electron chi connectivity index (χ1n) is 7.72. The molecule has 3 aromatic heterocycles. The van der Waals surface area contributed by atoms with E-state index in [1.807, 2.05) is 17.2 Å². The molecule has 0 bridgehead atoms. The van der Waals surface area contributed by atoms with Crippen LogP contribution in [-0.2, 0) is 6.18 Å². The topological polar surface area (TPSA) is 44.8 Å². The maximum absolute atomic E-state index is 12.7. The number of piperidine rings is 1. The van der Waals surface area contributed by atoms with Crippen molar-refractivity contribution in [3.63, 3.8) is 0 Å². The van der Waals surface area contributed by atoms with Crippen LogP contribution in [0.4, 0.5) is 18.3 Å². The zero-order chi connectivity index (χ0) is 16.7. The molecule has 1 N–H and O–H groups in total. The number of hydrogen-bond donors (Lipinski definition) is 1. The summed E-state index contributed by atoms with van der Waals surface area (Å²) >= 11 is 0.721. The quantitative estimate of drug-likeness (QED) is 0.742. The summed E-state index contributed by atoms with van der Waals surface area (Å²) in [6.45, 7) is 1.42. The van der Waals surface area contributed by atoms with E-state index in [-0.39, 0.29) is 0 Å². The largest absolute Gasteiger partial charge is 0.427 e. The molecule has 0 radical (unpaired) electrons. The van der Waals surface area contributed by atoms with Gasteiger partial charge in [0.2, 0.25) is 0 Å². The average molecular weight is 352 g/mol. The Balaban J connectivity index is 1.48. The lowest BCUT2D eigenvalue weighted by Gasteiger charge is -2.31. The van der Waals surface area contributed by atoms with Gasteiger partial charge in [-0.2, -0.15) is 13.2 Å². The van der Waals surface area contributed by atoms with Gasteiger partial charge in [-0.3, -0.25) is 0 Å². The van der Waals surface area contributed by atoms with Crippen LogP contribution in [0.2, 0.25) is 0 Å². The number of halogens is 3. The van der Waals surface area contributed by atoms with Crippen LogP contribution in [-0.4, -0.2) is 28.0 Å². The SMILES string of the molecule is FC(F)(F)c1cnc(N2CCC(c3c[nH]c4ncccc34)CC2)s1. The number of pyridine rings is 1. The molecule has 3 aromatic rings. The average Bonchev–Trinajstić information content (AvgIpc) is 3.22. The first-order chi connectivity index (χ1) is 11.5. The second-order valence-electron chi connectivity index (χ2n) is 5.91. The minimum Gasteiger partial charge on any atom is -0.348 e. The Kier molecular flexibility index (Phi) is 3.71. The van der Waals surface area contributed by atoms with Gasteiger partial charge < -0.3 is 9.88 Å². The molecule has 1 fully saturated rings. The third-order valence-electron chi connectivity index (χ3n) is 4.46. The molecule has 24 heavy (non-hydrogen) atoms. The van der Waals surface area contributed by atoms with E-state index >= 15 is 0 Å². The van der Waals surface area contributed by atoms with Gasteiger partial charge in [0.1, 0.15) is 10.5 Å². The van der Waals surface area contributed by atoms with Crippen LogP contribution in [0.5, 0.6) is 0 Å². The molecule has 4 rings (SSSR count). The number of nitrogens with zero attached hydrogens (tertiary/aromatic N) is 3. The standard InChI is InChI=1S/C16H15F3N4S/c17-16(18,19)13-9-22-15(24-13)23-6-3-10(4-7-23)12-8-21-14-11(12)2-1-5-20-14/h1-2,5,8-10H,3-4,6-7H2,(H,20,21). The Hall–Kier alpha value is -2.09. The van der Waals surface area contributed by atoms with Crippen LogP contribution >= 0.6 is 11.3 Å². The van der Waals surface area contributed by atoms with Crippen LogP contribution < -0.4 is 4.90 Å². The molecule has 126 valence electrons. The monoisotopic (exact) mass is 352 g/mol. The molecule has 0 aliphatic carbocycles. The number of rotatable bonds is 2. The van der Waals surface area contributed by atoms with E-state index in [4.69, 9.17) is 0 Å². The van der Waals surface area contributed by atoms with Crippen LogP contribution in [0.25, 0.3) is 11.0 Å². The number of nitrogens with one attached hydrogen (secondary N) is 1. The third-order valence-corrected chi connectivity index (χ3v) is 5.56. The summed E-state index contributed by atoms with van der Waals surface area (Å²) in [5.74, 6) is 0.390. The number of hydrogen-bond acceptors (Lipinski definition) is 4. The molecule has 1 saturated heterocycles. The molecule has 0 spiro atoms. The van der Waals surface area contributed by atoms with Crippen LogP contribution in [0.3, 0.4) is 0 Å². The van der Waals surface area contributed by atoms with Gasteiger partial charge in [-0.25, -0.2) is 9.97 Å². The summed E-state index contributed by atoms with van der Waals surface area (Å²) in [6, 6.07) is 3.97. The molecule has 0 saturated carbocycles. The summed E-state index contributed by atoms with van der Waals surface area (Å²) in [6.07, 6.45) is 2.16.